The van der Waals surface area contributed by atoms with Gasteiger partial charge in [-0.25, -0.2) is 0 Å². The van der Waals surface area contributed by atoms with E-state index in [2.05, 4.69) is 5.48 Å². The number of nitrogens with one attached hydrogen (secondary N) is 1. The summed E-state index contributed by atoms with van der Waals surface area (Å²) < 4.78 is 5.07. The van der Waals surface area contributed by atoms with Gasteiger partial charge in [0.2, 0.25) is 0 Å². The Labute approximate surface area is 82.6 Å². The maximum absolute atomic E-state index is 5.85. The molecule has 0 heterocycles. The summed E-state index contributed by atoms with van der Waals surface area (Å²) in [5.74, 6) is 0.678. The quantitative estimate of drug-likeness (QED) is 0.756. The van der Waals surface area contributed by atoms with Crippen LogP contribution in [-0.4, -0.2) is 14.2 Å². The number of ether oxygens (including phenoxy) is 1. The van der Waals surface area contributed by atoms with Crippen molar-refractivity contribution in [3.8, 4) is 5.75 Å². The lowest BCUT2D eigenvalue weighted by Gasteiger charge is -2.06. The van der Waals surface area contributed by atoms with Gasteiger partial charge in [0, 0.05) is 6.54 Å². The van der Waals surface area contributed by atoms with Gasteiger partial charge < -0.3 is 9.57 Å². The molecule has 4 heteroatoms. The summed E-state index contributed by atoms with van der Waals surface area (Å²) in [5, 5.41) is 0.615. The fourth-order valence-corrected chi connectivity index (χ4v) is 1.16. The van der Waals surface area contributed by atoms with Crippen LogP contribution in [0, 0.1) is 0 Å². The molecule has 0 aliphatic heterocycles. The Hall–Kier alpha value is -0.770. The molecule has 0 saturated heterocycles. The highest BCUT2D eigenvalue weighted by Crippen LogP contribution is 2.24. The van der Waals surface area contributed by atoms with E-state index in [9.17, 15) is 0 Å². The smallest absolute Gasteiger partial charge is 0.137 e. The predicted molar refractivity (Wildman–Crippen MR) is 51.9 cm³/mol. The van der Waals surface area contributed by atoms with E-state index in [0.717, 1.165) is 5.56 Å². The minimum absolute atomic E-state index is 0.615. The highest BCUT2D eigenvalue weighted by molar-refractivity contribution is 6.32. The van der Waals surface area contributed by atoms with Gasteiger partial charge in [0.1, 0.15) is 5.75 Å². The second-order valence-electron chi connectivity index (χ2n) is 2.49. The molecule has 0 radical (unpaired) electrons. The molecule has 0 unspecified atom stereocenters. The minimum atomic E-state index is 0.615. The highest BCUT2D eigenvalue weighted by atomic mass is 35.5. The largest absolute Gasteiger partial charge is 0.495 e. The average Bonchev–Trinajstić information content (AvgIpc) is 2.16. The summed E-state index contributed by atoms with van der Waals surface area (Å²) in [4.78, 5) is 4.73. The summed E-state index contributed by atoms with van der Waals surface area (Å²) in [6, 6.07) is 5.58. The summed E-state index contributed by atoms with van der Waals surface area (Å²) in [6.07, 6.45) is 0. The topological polar surface area (TPSA) is 30.5 Å². The first-order valence-electron chi connectivity index (χ1n) is 3.86. The van der Waals surface area contributed by atoms with E-state index in [0.29, 0.717) is 17.3 Å². The summed E-state index contributed by atoms with van der Waals surface area (Å²) in [6.45, 7) is 0.629. The van der Waals surface area contributed by atoms with Crippen LogP contribution in [0.4, 0.5) is 0 Å². The Morgan fingerprint density at radius 2 is 2.15 bits per heavy atom. The van der Waals surface area contributed by atoms with E-state index in [-0.39, 0.29) is 0 Å². The maximum Gasteiger partial charge on any atom is 0.137 e. The molecule has 0 aliphatic rings. The first kappa shape index (κ1) is 10.3. The third-order valence-electron chi connectivity index (χ3n) is 1.64. The standard InChI is InChI=1S/C9H12ClNO2/c1-12-9-5-7(6-11-13-2)3-4-8(9)10/h3-5,11H,6H2,1-2H3. The second-order valence-corrected chi connectivity index (χ2v) is 2.90. The van der Waals surface area contributed by atoms with Crippen molar-refractivity contribution in [2.75, 3.05) is 14.2 Å². The third-order valence-corrected chi connectivity index (χ3v) is 1.95. The van der Waals surface area contributed by atoms with E-state index in [1.165, 1.54) is 0 Å². The SMILES string of the molecule is CONCc1ccc(Cl)c(OC)c1. The number of hydroxylamine groups is 1. The van der Waals surface area contributed by atoms with Crippen molar-refractivity contribution in [1.29, 1.82) is 0 Å². The number of benzene rings is 1. The van der Waals surface area contributed by atoms with Crippen LogP contribution in [0.15, 0.2) is 18.2 Å². The molecule has 0 fully saturated rings. The van der Waals surface area contributed by atoms with Gasteiger partial charge in [0.05, 0.1) is 19.2 Å². The Morgan fingerprint density at radius 3 is 2.77 bits per heavy atom. The first-order valence-corrected chi connectivity index (χ1v) is 4.24. The lowest BCUT2D eigenvalue weighted by atomic mass is 10.2. The van der Waals surface area contributed by atoms with Crippen molar-refractivity contribution in [2.45, 2.75) is 6.54 Å². The Kier molecular flexibility index (Phi) is 4.02. The molecule has 0 aromatic heterocycles. The van der Waals surface area contributed by atoms with Crippen molar-refractivity contribution >= 4 is 11.6 Å². The molecule has 0 amide bonds. The highest BCUT2D eigenvalue weighted by Gasteiger charge is 2.00. The Balaban J connectivity index is 2.74. The van der Waals surface area contributed by atoms with Crippen molar-refractivity contribution < 1.29 is 9.57 Å². The molecule has 1 aromatic rings. The van der Waals surface area contributed by atoms with Gasteiger partial charge >= 0.3 is 0 Å². The molecule has 0 bridgehead atoms. The lowest BCUT2D eigenvalue weighted by molar-refractivity contribution is 0.0867. The van der Waals surface area contributed by atoms with Crippen molar-refractivity contribution in [2.24, 2.45) is 0 Å². The molecule has 13 heavy (non-hydrogen) atoms. The van der Waals surface area contributed by atoms with Crippen LogP contribution in [0.5, 0.6) is 5.75 Å². The summed E-state index contributed by atoms with van der Waals surface area (Å²) in [7, 11) is 3.17. The van der Waals surface area contributed by atoms with E-state index >= 15 is 0 Å². The molecular formula is C9H12ClNO2. The zero-order valence-corrected chi connectivity index (χ0v) is 8.39. The zero-order valence-electron chi connectivity index (χ0n) is 7.63. The van der Waals surface area contributed by atoms with Gasteiger partial charge in [-0.05, 0) is 17.7 Å². The van der Waals surface area contributed by atoms with Crippen LogP contribution in [0.3, 0.4) is 0 Å². The molecule has 0 saturated carbocycles. The summed E-state index contributed by atoms with van der Waals surface area (Å²) in [5.41, 5.74) is 3.80. The van der Waals surface area contributed by atoms with E-state index in [1.807, 2.05) is 12.1 Å². The van der Waals surface area contributed by atoms with Crippen LogP contribution in [-0.2, 0) is 11.4 Å². The molecule has 72 valence electrons. The molecule has 1 aromatic carbocycles. The molecule has 3 nitrogen and oxygen atoms in total. The van der Waals surface area contributed by atoms with Crippen LogP contribution in [0.25, 0.3) is 0 Å². The van der Waals surface area contributed by atoms with E-state index < -0.39 is 0 Å². The van der Waals surface area contributed by atoms with Gasteiger partial charge in [0.25, 0.3) is 0 Å². The van der Waals surface area contributed by atoms with Crippen LogP contribution >= 0.6 is 11.6 Å². The zero-order chi connectivity index (χ0) is 9.68. The molecular weight excluding hydrogens is 190 g/mol. The number of rotatable bonds is 4. The number of methoxy groups -OCH3 is 1. The maximum atomic E-state index is 5.85. The van der Waals surface area contributed by atoms with E-state index in [4.69, 9.17) is 21.2 Å². The molecule has 0 atom stereocenters. The lowest BCUT2D eigenvalue weighted by Crippen LogP contribution is -2.10. The minimum Gasteiger partial charge on any atom is -0.495 e. The Morgan fingerprint density at radius 1 is 1.38 bits per heavy atom. The van der Waals surface area contributed by atoms with Crippen molar-refractivity contribution in [1.82, 2.24) is 5.48 Å². The number of halogens is 1. The van der Waals surface area contributed by atoms with Crippen LogP contribution < -0.4 is 10.2 Å². The number of hydrogen-bond acceptors (Lipinski definition) is 3. The normalized spacial score (nSPS) is 10.1. The van der Waals surface area contributed by atoms with Gasteiger partial charge in [-0.1, -0.05) is 17.7 Å². The second kappa shape index (κ2) is 5.07. The van der Waals surface area contributed by atoms with Gasteiger partial charge in [-0.2, -0.15) is 5.48 Å². The molecule has 1 N–H and O–H groups in total. The van der Waals surface area contributed by atoms with Gasteiger partial charge in [0.15, 0.2) is 0 Å². The third kappa shape index (κ3) is 2.88. The molecule has 1 rings (SSSR count). The average molecular weight is 202 g/mol. The van der Waals surface area contributed by atoms with Gasteiger partial charge in [-0.3, -0.25) is 0 Å². The molecule has 0 spiro atoms. The fraction of sp³-hybridized carbons (Fsp3) is 0.333. The van der Waals surface area contributed by atoms with Gasteiger partial charge in [-0.15, -0.1) is 0 Å². The van der Waals surface area contributed by atoms with Crippen LogP contribution in [0.1, 0.15) is 5.56 Å². The molecule has 0 aliphatic carbocycles. The monoisotopic (exact) mass is 201 g/mol. The first-order chi connectivity index (χ1) is 6.27. The van der Waals surface area contributed by atoms with Crippen molar-refractivity contribution in [3.63, 3.8) is 0 Å². The van der Waals surface area contributed by atoms with E-state index in [1.54, 1.807) is 20.3 Å². The number of hydrogen-bond donors (Lipinski definition) is 1. The predicted octanol–water partition coefficient (Wildman–Crippen LogP) is 2.00. The van der Waals surface area contributed by atoms with Crippen LogP contribution in [0.2, 0.25) is 5.02 Å². The fourth-order valence-electron chi connectivity index (χ4n) is 0.970. The summed E-state index contributed by atoms with van der Waals surface area (Å²) >= 11 is 5.85. The Bertz CT molecular complexity index is 278. The van der Waals surface area contributed by atoms with Crippen molar-refractivity contribution in [3.05, 3.63) is 28.8 Å².